The Bertz CT molecular complexity index is 948. The summed E-state index contributed by atoms with van der Waals surface area (Å²) in [6.45, 7) is 2.32. The zero-order chi connectivity index (χ0) is 21.1. The van der Waals surface area contributed by atoms with Crippen LogP contribution in [0, 0.1) is 0 Å². The number of aliphatic hydroxyl groups is 1. The van der Waals surface area contributed by atoms with E-state index in [1.54, 1.807) is 6.92 Å². The topological polar surface area (TPSA) is 56.3 Å². The van der Waals surface area contributed by atoms with Crippen LogP contribution in [0.4, 0.5) is 32.0 Å². The summed E-state index contributed by atoms with van der Waals surface area (Å²) in [5.74, 6) is 0. The number of halogens is 6. The highest BCUT2D eigenvalue weighted by Crippen LogP contribution is 2.44. The second-order valence-corrected chi connectivity index (χ2v) is 7.27. The number of rotatable bonds is 2. The molecular formula is C18H18F6N2O2. The summed E-state index contributed by atoms with van der Waals surface area (Å²) >= 11 is 0. The summed E-state index contributed by atoms with van der Waals surface area (Å²) in [7, 11) is 0. The normalized spacial score (nSPS) is 23.2. The molecular weight excluding hydrogens is 390 g/mol. The minimum Gasteiger partial charge on any atom is -0.379 e. The monoisotopic (exact) mass is 408 g/mol. The fraction of sp³-hybridized carbons (Fsp3) is 0.500. The second-order valence-electron chi connectivity index (χ2n) is 7.27. The SMILES string of the molecule is CC1CCC(C(C)(O)C(F)(F)F)N1c1ccc2[nH]c(=O)cc(C(F)(F)F)c2c1. The Morgan fingerprint density at radius 2 is 1.75 bits per heavy atom. The molecule has 0 bridgehead atoms. The van der Waals surface area contributed by atoms with Crippen molar-refractivity contribution >= 4 is 16.6 Å². The summed E-state index contributed by atoms with van der Waals surface area (Å²) in [5, 5.41) is 9.81. The van der Waals surface area contributed by atoms with Crippen LogP contribution in [0.5, 0.6) is 0 Å². The molecule has 3 rings (SSSR count). The number of aromatic nitrogens is 1. The van der Waals surface area contributed by atoms with Crippen LogP contribution >= 0.6 is 0 Å². The van der Waals surface area contributed by atoms with Crippen LogP contribution in [0.2, 0.25) is 0 Å². The molecule has 0 spiro atoms. The molecule has 3 unspecified atom stereocenters. The van der Waals surface area contributed by atoms with Gasteiger partial charge in [-0.3, -0.25) is 4.79 Å². The third-order valence-corrected chi connectivity index (χ3v) is 5.32. The Morgan fingerprint density at radius 3 is 2.32 bits per heavy atom. The largest absolute Gasteiger partial charge is 0.418 e. The number of aromatic amines is 1. The van der Waals surface area contributed by atoms with E-state index in [0.29, 0.717) is 19.4 Å². The van der Waals surface area contributed by atoms with Gasteiger partial charge in [-0.15, -0.1) is 0 Å². The number of pyridine rings is 1. The number of nitrogens with zero attached hydrogens (tertiary/aromatic N) is 1. The first-order valence-corrected chi connectivity index (χ1v) is 8.55. The van der Waals surface area contributed by atoms with Crippen LogP contribution < -0.4 is 10.5 Å². The van der Waals surface area contributed by atoms with Crippen LogP contribution in [-0.4, -0.2) is 34.0 Å². The molecule has 1 aliphatic heterocycles. The van der Waals surface area contributed by atoms with Gasteiger partial charge in [0.15, 0.2) is 5.60 Å². The Hall–Kier alpha value is -2.23. The zero-order valence-electron chi connectivity index (χ0n) is 14.9. The van der Waals surface area contributed by atoms with E-state index in [4.69, 9.17) is 0 Å². The predicted molar refractivity (Wildman–Crippen MR) is 91.2 cm³/mol. The maximum absolute atomic E-state index is 13.4. The first-order valence-electron chi connectivity index (χ1n) is 8.55. The molecule has 0 amide bonds. The average molecular weight is 408 g/mol. The smallest absolute Gasteiger partial charge is 0.379 e. The lowest BCUT2D eigenvalue weighted by Crippen LogP contribution is -2.58. The molecule has 1 aromatic heterocycles. The summed E-state index contributed by atoms with van der Waals surface area (Å²) in [6.07, 6.45) is -9.34. The van der Waals surface area contributed by atoms with Crippen molar-refractivity contribution in [3.63, 3.8) is 0 Å². The molecule has 1 aliphatic rings. The lowest BCUT2D eigenvalue weighted by atomic mass is 9.93. The first kappa shape index (κ1) is 20.5. The third-order valence-electron chi connectivity index (χ3n) is 5.32. The van der Waals surface area contributed by atoms with Gasteiger partial charge in [0.2, 0.25) is 5.56 Å². The molecule has 2 N–H and O–H groups in total. The second kappa shape index (κ2) is 6.40. The first-order chi connectivity index (χ1) is 12.7. The van der Waals surface area contributed by atoms with E-state index >= 15 is 0 Å². The van der Waals surface area contributed by atoms with Crippen molar-refractivity contribution in [2.24, 2.45) is 0 Å². The van der Waals surface area contributed by atoms with E-state index in [9.17, 15) is 36.2 Å². The van der Waals surface area contributed by atoms with Gasteiger partial charge in [-0.2, -0.15) is 26.3 Å². The van der Waals surface area contributed by atoms with Crippen molar-refractivity contribution < 1.29 is 31.4 Å². The maximum Gasteiger partial charge on any atom is 0.418 e. The predicted octanol–water partition coefficient (Wildman–Crippen LogP) is 4.22. The van der Waals surface area contributed by atoms with Gasteiger partial charge in [0, 0.05) is 28.7 Å². The Kier molecular flexibility index (Phi) is 4.68. The summed E-state index contributed by atoms with van der Waals surface area (Å²) < 4.78 is 80.1. The highest BCUT2D eigenvalue weighted by Gasteiger charge is 2.58. The fourth-order valence-electron chi connectivity index (χ4n) is 3.80. The molecule has 3 atom stereocenters. The molecule has 2 aromatic rings. The van der Waals surface area contributed by atoms with Crippen LogP contribution in [0.15, 0.2) is 29.1 Å². The average Bonchev–Trinajstić information content (AvgIpc) is 2.94. The van der Waals surface area contributed by atoms with Gasteiger partial charge >= 0.3 is 12.4 Å². The lowest BCUT2D eigenvalue weighted by molar-refractivity contribution is -0.259. The minimum absolute atomic E-state index is 0.0312. The minimum atomic E-state index is -4.90. The zero-order valence-corrected chi connectivity index (χ0v) is 14.9. The highest BCUT2D eigenvalue weighted by molar-refractivity contribution is 5.86. The van der Waals surface area contributed by atoms with Gasteiger partial charge in [-0.1, -0.05) is 0 Å². The number of anilines is 1. The van der Waals surface area contributed by atoms with Crippen molar-refractivity contribution in [3.8, 4) is 0 Å². The Morgan fingerprint density at radius 1 is 1.11 bits per heavy atom. The van der Waals surface area contributed by atoms with Gasteiger partial charge in [0.1, 0.15) is 0 Å². The molecule has 0 saturated carbocycles. The third kappa shape index (κ3) is 3.34. The molecule has 1 fully saturated rings. The van der Waals surface area contributed by atoms with E-state index < -0.39 is 41.2 Å². The Labute approximate surface area is 155 Å². The van der Waals surface area contributed by atoms with Crippen molar-refractivity contribution in [2.45, 2.75) is 56.7 Å². The number of hydrogen-bond donors (Lipinski definition) is 2. The molecule has 1 aromatic carbocycles. The van der Waals surface area contributed by atoms with E-state index in [1.165, 1.54) is 17.0 Å². The molecule has 2 heterocycles. The molecule has 28 heavy (non-hydrogen) atoms. The summed E-state index contributed by atoms with van der Waals surface area (Å²) in [4.78, 5) is 15.1. The van der Waals surface area contributed by atoms with Crippen LogP contribution in [0.1, 0.15) is 32.3 Å². The van der Waals surface area contributed by atoms with E-state index in [0.717, 1.165) is 6.07 Å². The number of hydrogen-bond acceptors (Lipinski definition) is 3. The van der Waals surface area contributed by atoms with Crippen LogP contribution in [0.3, 0.4) is 0 Å². The molecule has 10 heteroatoms. The van der Waals surface area contributed by atoms with Crippen molar-refractivity contribution in [3.05, 3.63) is 40.2 Å². The molecule has 4 nitrogen and oxygen atoms in total. The summed E-state index contributed by atoms with van der Waals surface area (Å²) in [6, 6.07) is 2.33. The fourth-order valence-corrected chi connectivity index (χ4v) is 3.80. The van der Waals surface area contributed by atoms with Gasteiger partial charge < -0.3 is 15.0 Å². The number of H-pyrrole nitrogens is 1. The standard InChI is InChI=1S/C18H18F6N2O2/c1-9-3-6-14(16(2,28)18(22,23)24)26(9)10-4-5-13-11(7-10)12(17(19,20)21)8-15(27)25-13/h4-5,7-9,14,28H,3,6H2,1-2H3,(H,25,27). The number of fused-ring (bicyclic) bond motifs is 1. The van der Waals surface area contributed by atoms with Crippen LogP contribution in [0.25, 0.3) is 10.9 Å². The van der Waals surface area contributed by atoms with E-state index in [2.05, 4.69) is 4.98 Å². The van der Waals surface area contributed by atoms with Crippen molar-refractivity contribution in [2.75, 3.05) is 4.90 Å². The van der Waals surface area contributed by atoms with Crippen LogP contribution in [-0.2, 0) is 6.18 Å². The number of alkyl halides is 6. The van der Waals surface area contributed by atoms with Gasteiger partial charge in [0.25, 0.3) is 0 Å². The number of benzene rings is 1. The van der Waals surface area contributed by atoms with E-state index in [1.807, 2.05) is 0 Å². The molecule has 1 saturated heterocycles. The number of nitrogens with one attached hydrogen (secondary N) is 1. The van der Waals surface area contributed by atoms with E-state index in [-0.39, 0.29) is 23.0 Å². The van der Waals surface area contributed by atoms with Gasteiger partial charge in [0.05, 0.1) is 11.6 Å². The van der Waals surface area contributed by atoms with Crippen molar-refractivity contribution in [1.29, 1.82) is 0 Å². The molecule has 154 valence electrons. The summed E-state index contributed by atoms with van der Waals surface area (Å²) in [5.41, 5.74) is -5.09. The maximum atomic E-state index is 13.4. The molecule has 0 radical (unpaired) electrons. The van der Waals surface area contributed by atoms with Gasteiger partial charge in [-0.05, 0) is 44.9 Å². The van der Waals surface area contributed by atoms with Gasteiger partial charge in [-0.25, -0.2) is 0 Å². The molecule has 0 aliphatic carbocycles. The van der Waals surface area contributed by atoms with Crippen molar-refractivity contribution in [1.82, 2.24) is 4.98 Å². The Balaban J connectivity index is 2.17. The highest BCUT2D eigenvalue weighted by atomic mass is 19.4. The quantitative estimate of drug-likeness (QED) is 0.732. The lowest BCUT2D eigenvalue weighted by Gasteiger charge is -2.40.